The number of benzene rings is 2. The summed E-state index contributed by atoms with van der Waals surface area (Å²) in [5, 5.41) is 0. The Labute approximate surface area is 258 Å². The number of aliphatic imine (C=N–C) groups is 2. The third kappa shape index (κ3) is 9.80. The quantitative estimate of drug-likeness (QED) is 0.330. The second-order valence-corrected chi connectivity index (χ2v) is 10.2. The van der Waals surface area contributed by atoms with E-state index in [0.717, 1.165) is 22.8 Å². The van der Waals surface area contributed by atoms with Crippen molar-refractivity contribution < 1.29 is 54.0 Å². The van der Waals surface area contributed by atoms with Gasteiger partial charge < -0.3 is 37.2 Å². The fraction of sp³-hybridized carbons (Fsp3) is 0.387. The molecule has 0 fully saturated rings. The Balaban J connectivity index is 0. The van der Waals surface area contributed by atoms with Crippen LogP contribution in [0.1, 0.15) is 113 Å². The van der Waals surface area contributed by atoms with Gasteiger partial charge in [0.05, 0.1) is 35.2 Å². The van der Waals surface area contributed by atoms with E-state index in [-0.39, 0.29) is 54.0 Å². The van der Waals surface area contributed by atoms with Crippen LogP contribution in [0, 0.1) is 0 Å². The Hall–Kier alpha value is -1.69. The van der Waals surface area contributed by atoms with Crippen molar-refractivity contribution in [3.05, 3.63) is 88.2 Å². The molecule has 0 saturated carbocycles. The van der Waals surface area contributed by atoms with Gasteiger partial charge in [0.2, 0.25) is 0 Å². The monoisotopic (exact) mass is 617 g/mol. The van der Waals surface area contributed by atoms with Gasteiger partial charge in [0.1, 0.15) is 0 Å². The van der Waals surface area contributed by atoms with E-state index in [0.29, 0.717) is 23.7 Å². The van der Waals surface area contributed by atoms with Crippen molar-refractivity contribution in [3.63, 3.8) is 0 Å². The molecule has 0 aliphatic carbocycles. The maximum atomic E-state index is 4.92. The van der Waals surface area contributed by atoms with Gasteiger partial charge in [-0.1, -0.05) is 97.9 Å². The van der Waals surface area contributed by atoms with Gasteiger partial charge in [-0.3, -0.25) is 9.98 Å². The van der Waals surface area contributed by atoms with Crippen LogP contribution in [-0.2, 0) is 16.8 Å². The molecule has 0 aliphatic rings. The zero-order chi connectivity index (χ0) is 24.8. The first kappa shape index (κ1) is 38.5. The van der Waals surface area contributed by atoms with Crippen LogP contribution in [-0.4, -0.2) is 17.4 Å². The van der Waals surface area contributed by atoms with Gasteiger partial charge in [0.25, 0.3) is 0 Å². The van der Waals surface area contributed by atoms with Crippen molar-refractivity contribution >= 4 is 23.8 Å². The van der Waals surface area contributed by atoms with E-state index in [1.165, 1.54) is 22.3 Å². The molecule has 3 rings (SSSR count). The van der Waals surface area contributed by atoms with Gasteiger partial charge in [-0.15, -0.1) is 0 Å². The third-order valence-electron chi connectivity index (χ3n) is 6.13. The molecule has 2 aromatic carbocycles. The Morgan fingerprint density at radius 1 is 0.500 bits per heavy atom. The Morgan fingerprint density at radius 2 is 0.763 bits per heavy atom. The molecule has 0 amide bonds. The van der Waals surface area contributed by atoms with Gasteiger partial charge in [-0.2, -0.15) is 0 Å². The van der Waals surface area contributed by atoms with Gasteiger partial charge >= 0.3 is 16.8 Å². The van der Waals surface area contributed by atoms with Crippen LogP contribution in [0.5, 0.6) is 0 Å². The first-order valence-corrected chi connectivity index (χ1v) is 12.5. The number of pyridine rings is 1. The second-order valence-electron chi connectivity index (χ2n) is 10.2. The van der Waals surface area contributed by atoms with Gasteiger partial charge in [0.15, 0.2) is 0 Å². The fourth-order valence-electron chi connectivity index (χ4n) is 4.20. The summed E-state index contributed by atoms with van der Waals surface area (Å²) in [6.07, 6.45) is 3.76. The molecular weight excluding hydrogens is 580 g/mol. The van der Waals surface area contributed by atoms with E-state index >= 15 is 0 Å². The standard InChI is InChI=1S/C31H39N3.3ClH.Co/c1-20(2)26-14-10-15-27(21(3)4)30(26)32-18-24-12-9-13-25(34-24)19-33-31-28(22(5)6)16-11-17-29(31)23(7)8;;;;/h9-23H,1-8H3;3*1H;/q;;;;+3/p-3. The zero-order valence-electron chi connectivity index (χ0n) is 23.5. The largest absolute Gasteiger partial charge is 3.00 e. The maximum absolute atomic E-state index is 4.92. The fourth-order valence-corrected chi connectivity index (χ4v) is 4.20. The van der Waals surface area contributed by atoms with Crippen molar-refractivity contribution in [2.24, 2.45) is 9.98 Å². The minimum atomic E-state index is 0. The van der Waals surface area contributed by atoms with Crippen molar-refractivity contribution in [3.8, 4) is 0 Å². The van der Waals surface area contributed by atoms with E-state index in [2.05, 4.69) is 91.8 Å². The summed E-state index contributed by atoms with van der Waals surface area (Å²) in [6, 6.07) is 19.0. The van der Waals surface area contributed by atoms with Crippen LogP contribution in [0.15, 0.2) is 64.6 Å². The average Bonchev–Trinajstić information content (AvgIpc) is 2.80. The van der Waals surface area contributed by atoms with Crippen molar-refractivity contribution in [2.75, 3.05) is 0 Å². The first-order valence-electron chi connectivity index (χ1n) is 12.5. The molecule has 0 N–H and O–H groups in total. The second kappa shape index (κ2) is 17.8. The summed E-state index contributed by atoms with van der Waals surface area (Å²) in [4.78, 5) is 14.6. The Kier molecular flexibility index (Phi) is 18.0. The molecule has 7 heteroatoms. The summed E-state index contributed by atoms with van der Waals surface area (Å²) in [7, 11) is 0. The maximum Gasteiger partial charge on any atom is 3.00 e. The normalized spacial score (nSPS) is 11.1. The van der Waals surface area contributed by atoms with Crippen LogP contribution < -0.4 is 37.2 Å². The summed E-state index contributed by atoms with van der Waals surface area (Å²) in [5.74, 6) is 1.64. The number of halogens is 3. The minimum absolute atomic E-state index is 0. The molecule has 0 unspecified atom stereocenters. The SMILES string of the molecule is CC(C)c1cccc(C(C)C)c1N=Cc1cccc(C=Nc2c(C(C)C)cccc2C(C)C)n1.[Cl-].[Cl-].[Cl-].[Co+3]. The Morgan fingerprint density at radius 3 is 1.03 bits per heavy atom. The van der Waals surface area contributed by atoms with Crippen LogP contribution in [0.4, 0.5) is 11.4 Å². The van der Waals surface area contributed by atoms with Gasteiger partial charge in [0, 0.05) is 0 Å². The molecule has 0 radical (unpaired) electrons. The number of hydrogen-bond donors (Lipinski definition) is 0. The molecule has 1 heterocycles. The topological polar surface area (TPSA) is 37.6 Å². The van der Waals surface area contributed by atoms with Crippen LogP contribution in [0.25, 0.3) is 0 Å². The molecule has 0 saturated heterocycles. The van der Waals surface area contributed by atoms with Gasteiger partial charge in [-0.05, 0) is 58.1 Å². The first-order chi connectivity index (χ1) is 16.2. The molecule has 0 bridgehead atoms. The molecule has 38 heavy (non-hydrogen) atoms. The van der Waals surface area contributed by atoms with E-state index in [1.807, 2.05) is 30.6 Å². The number of nitrogens with zero attached hydrogens (tertiary/aromatic N) is 3. The third-order valence-corrected chi connectivity index (χ3v) is 6.13. The summed E-state index contributed by atoms with van der Waals surface area (Å²) >= 11 is 0. The number of hydrogen-bond acceptors (Lipinski definition) is 3. The summed E-state index contributed by atoms with van der Waals surface area (Å²) < 4.78 is 0. The number of aromatic nitrogens is 1. The van der Waals surface area contributed by atoms with E-state index in [9.17, 15) is 0 Å². The average molecular weight is 619 g/mol. The molecular formula is C31H39Cl3CoN3. The molecule has 1 aromatic heterocycles. The molecule has 3 aromatic rings. The van der Waals surface area contributed by atoms with Crippen molar-refractivity contribution in [2.45, 2.75) is 79.1 Å². The summed E-state index contributed by atoms with van der Waals surface area (Å²) in [5.41, 5.74) is 8.88. The zero-order valence-corrected chi connectivity index (χ0v) is 26.8. The number of rotatable bonds is 8. The van der Waals surface area contributed by atoms with E-state index < -0.39 is 0 Å². The predicted molar refractivity (Wildman–Crippen MR) is 148 cm³/mol. The molecule has 0 aliphatic heterocycles. The van der Waals surface area contributed by atoms with Crippen LogP contribution in [0.3, 0.4) is 0 Å². The predicted octanol–water partition coefficient (Wildman–Crippen LogP) is 0.0859. The van der Waals surface area contributed by atoms with Crippen LogP contribution >= 0.6 is 0 Å². The Bertz CT molecular complexity index is 1050. The van der Waals surface area contributed by atoms with E-state index in [4.69, 9.17) is 15.0 Å². The van der Waals surface area contributed by atoms with Crippen molar-refractivity contribution in [1.82, 2.24) is 4.98 Å². The molecule has 0 atom stereocenters. The van der Waals surface area contributed by atoms with Crippen LogP contribution in [0.2, 0.25) is 0 Å². The van der Waals surface area contributed by atoms with E-state index in [1.54, 1.807) is 0 Å². The number of para-hydroxylation sites is 2. The molecule has 3 nitrogen and oxygen atoms in total. The molecule has 0 spiro atoms. The van der Waals surface area contributed by atoms with Crippen molar-refractivity contribution in [1.29, 1.82) is 0 Å². The minimum Gasteiger partial charge on any atom is -1.00 e. The van der Waals surface area contributed by atoms with Gasteiger partial charge in [-0.25, -0.2) is 4.98 Å². The summed E-state index contributed by atoms with van der Waals surface area (Å²) in [6.45, 7) is 17.7. The molecule has 208 valence electrons. The smallest absolute Gasteiger partial charge is 1.00 e.